The second-order valence-corrected chi connectivity index (χ2v) is 9.91. The van der Waals surface area contributed by atoms with Gasteiger partial charge >= 0.3 is 0 Å². The van der Waals surface area contributed by atoms with Crippen LogP contribution in [0, 0.1) is 6.92 Å². The minimum Gasteiger partial charge on any atom is -0.201 e. The van der Waals surface area contributed by atoms with Gasteiger partial charge in [0.05, 0.1) is 0 Å². The Hall–Kier alpha value is -2.93. The summed E-state index contributed by atoms with van der Waals surface area (Å²) >= 11 is 0. The van der Waals surface area contributed by atoms with E-state index >= 15 is 0 Å². The molecule has 0 radical (unpaired) electrons. The molecule has 0 atom stereocenters. The van der Waals surface area contributed by atoms with Crippen molar-refractivity contribution in [1.82, 2.24) is 0 Å². The third-order valence-electron chi connectivity index (χ3n) is 7.35. The van der Waals surface area contributed by atoms with E-state index in [4.69, 9.17) is 0 Å². The van der Waals surface area contributed by atoms with E-state index in [-0.39, 0.29) is 0 Å². The molecule has 1 saturated carbocycles. The number of nitrogens with zero attached hydrogens (tertiary/aromatic N) is 1. The zero-order chi connectivity index (χ0) is 22.2. The summed E-state index contributed by atoms with van der Waals surface area (Å²) in [5.41, 5.74) is 9.45. The lowest BCUT2D eigenvalue weighted by atomic mass is 9.90. The molecule has 0 aliphatic heterocycles. The molecule has 1 heterocycles. The predicted molar refractivity (Wildman–Crippen MR) is 136 cm³/mol. The summed E-state index contributed by atoms with van der Waals surface area (Å²) in [7, 11) is 2.17. The SMILES string of the molecule is Cc1ccccc1-c1cc(-c2ccc3cc(C4CCCC4)ccc3c2)c(C(C)C)c[n+]1C. The molecule has 4 aromatic rings. The summed E-state index contributed by atoms with van der Waals surface area (Å²) in [5, 5.41) is 2.70. The maximum atomic E-state index is 2.43. The highest BCUT2D eigenvalue weighted by atomic mass is 14.9. The Kier molecular flexibility index (Phi) is 5.59. The summed E-state index contributed by atoms with van der Waals surface area (Å²) in [5.74, 6) is 1.22. The number of aromatic nitrogens is 1. The molecule has 1 nitrogen and oxygen atoms in total. The van der Waals surface area contributed by atoms with Gasteiger partial charge in [-0.1, -0.05) is 75.2 Å². The van der Waals surface area contributed by atoms with Crippen LogP contribution in [0.2, 0.25) is 0 Å². The summed E-state index contributed by atoms with van der Waals surface area (Å²) in [6.07, 6.45) is 7.80. The highest BCUT2D eigenvalue weighted by Crippen LogP contribution is 2.37. The number of hydrogen-bond acceptors (Lipinski definition) is 0. The first kappa shape index (κ1) is 20.9. The van der Waals surface area contributed by atoms with E-state index in [0.29, 0.717) is 5.92 Å². The first-order chi connectivity index (χ1) is 15.5. The van der Waals surface area contributed by atoms with Crippen LogP contribution >= 0.6 is 0 Å². The fourth-order valence-electron chi connectivity index (χ4n) is 5.45. The molecule has 3 aromatic carbocycles. The lowest BCUT2D eigenvalue weighted by molar-refractivity contribution is -0.660. The van der Waals surface area contributed by atoms with E-state index in [2.05, 4.69) is 105 Å². The van der Waals surface area contributed by atoms with Crippen molar-refractivity contribution in [2.75, 3.05) is 0 Å². The van der Waals surface area contributed by atoms with E-state index in [1.807, 2.05) is 0 Å². The molecule has 0 saturated heterocycles. The van der Waals surface area contributed by atoms with Gasteiger partial charge in [0.15, 0.2) is 6.20 Å². The normalized spacial score (nSPS) is 14.5. The van der Waals surface area contributed by atoms with E-state index in [1.165, 1.54) is 75.5 Å². The molecular formula is C31H34N+. The molecule has 0 unspecified atom stereocenters. The molecule has 162 valence electrons. The van der Waals surface area contributed by atoms with Gasteiger partial charge in [-0.3, -0.25) is 0 Å². The fraction of sp³-hybridized carbons (Fsp3) is 0.323. The Balaban J connectivity index is 1.63. The lowest BCUT2D eigenvalue weighted by Crippen LogP contribution is -2.32. The summed E-state index contributed by atoms with van der Waals surface area (Å²) in [4.78, 5) is 0. The quantitative estimate of drug-likeness (QED) is 0.294. The van der Waals surface area contributed by atoms with Crippen molar-refractivity contribution in [1.29, 1.82) is 0 Å². The molecule has 0 spiro atoms. The van der Waals surface area contributed by atoms with Gasteiger partial charge in [-0.2, -0.15) is 0 Å². The minimum absolute atomic E-state index is 0.461. The molecule has 1 heteroatoms. The minimum atomic E-state index is 0.461. The van der Waals surface area contributed by atoms with Crippen molar-refractivity contribution in [3.63, 3.8) is 0 Å². The largest absolute Gasteiger partial charge is 0.213 e. The molecule has 1 aromatic heterocycles. The topological polar surface area (TPSA) is 3.88 Å². The molecule has 5 rings (SSSR count). The first-order valence-corrected chi connectivity index (χ1v) is 12.1. The van der Waals surface area contributed by atoms with Crippen LogP contribution in [0.1, 0.15) is 68.1 Å². The van der Waals surface area contributed by atoms with Crippen LogP contribution in [-0.4, -0.2) is 0 Å². The smallest absolute Gasteiger partial charge is 0.201 e. The van der Waals surface area contributed by atoms with Crippen LogP contribution in [0.3, 0.4) is 0 Å². The summed E-state index contributed by atoms with van der Waals surface area (Å²) in [6, 6.07) is 25.3. The number of benzene rings is 3. The van der Waals surface area contributed by atoms with Crippen molar-refractivity contribution in [3.05, 3.63) is 89.6 Å². The maximum absolute atomic E-state index is 2.43. The third-order valence-corrected chi connectivity index (χ3v) is 7.35. The Morgan fingerprint density at radius 1 is 0.812 bits per heavy atom. The first-order valence-electron chi connectivity index (χ1n) is 12.1. The third kappa shape index (κ3) is 3.86. The van der Waals surface area contributed by atoms with Gasteiger partial charge in [0.2, 0.25) is 5.69 Å². The standard InChI is InChI=1S/C31H34N/c1-21(2)30-20-32(4)31(28-12-8-5-9-22(28)3)19-29(30)27-16-15-25-17-24(13-14-26(25)18-27)23-10-6-7-11-23/h5,8-9,12-21,23H,6-7,10-11H2,1-4H3/q+1. The highest BCUT2D eigenvalue weighted by Gasteiger charge is 2.21. The summed E-state index contributed by atoms with van der Waals surface area (Å²) < 4.78 is 2.29. The highest BCUT2D eigenvalue weighted by molar-refractivity contribution is 5.89. The van der Waals surface area contributed by atoms with Crippen molar-refractivity contribution < 1.29 is 4.57 Å². The Bertz CT molecular complexity index is 1280. The molecule has 0 N–H and O–H groups in total. The van der Waals surface area contributed by atoms with Gasteiger partial charge in [-0.25, -0.2) is 4.57 Å². The second-order valence-electron chi connectivity index (χ2n) is 9.91. The molecule has 0 amide bonds. The Morgan fingerprint density at radius 3 is 2.28 bits per heavy atom. The fourth-order valence-corrected chi connectivity index (χ4v) is 5.45. The van der Waals surface area contributed by atoms with Gasteiger partial charge < -0.3 is 0 Å². The van der Waals surface area contributed by atoms with Gasteiger partial charge in [-0.15, -0.1) is 0 Å². The molecule has 0 bridgehead atoms. The molecule has 1 aliphatic carbocycles. The van der Waals surface area contributed by atoms with Gasteiger partial charge in [0, 0.05) is 17.2 Å². The monoisotopic (exact) mass is 420 g/mol. The van der Waals surface area contributed by atoms with Crippen molar-refractivity contribution in [3.8, 4) is 22.4 Å². The number of pyridine rings is 1. The molecular weight excluding hydrogens is 386 g/mol. The van der Waals surface area contributed by atoms with Crippen LogP contribution in [0.5, 0.6) is 0 Å². The van der Waals surface area contributed by atoms with Gasteiger partial charge in [-0.05, 0) is 76.8 Å². The number of fused-ring (bicyclic) bond motifs is 1. The van der Waals surface area contributed by atoms with Crippen molar-refractivity contribution in [2.45, 2.75) is 58.3 Å². The van der Waals surface area contributed by atoms with E-state index in [0.717, 1.165) is 5.92 Å². The maximum Gasteiger partial charge on any atom is 0.213 e. The van der Waals surface area contributed by atoms with Crippen LogP contribution in [-0.2, 0) is 7.05 Å². The van der Waals surface area contributed by atoms with E-state index in [9.17, 15) is 0 Å². The van der Waals surface area contributed by atoms with E-state index < -0.39 is 0 Å². The zero-order valence-electron chi connectivity index (χ0n) is 19.9. The van der Waals surface area contributed by atoms with Crippen molar-refractivity contribution >= 4 is 10.8 Å². The van der Waals surface area contributed by atoms with Gasteiger partial charge in [0.1, 0.15) is 7.05 Å². The van der Waals surface area contributed by atoms with Crippen LogP contribution in [0.4, 0.5) is 0 Å². The van der Waals surface area contributed by atoms with Gasteiger partial charge in [0.25, 0.3) is 0 Å². The van der Waals surface area contributed by atoms with Crippen LogP contribution in [0.25, 0.3) is 33.2 Å². The lowest BCUT2D eigenvalue weighted by Gasteiger charge is -2.15. The van der Waals surface area contributed by atoms with E-state index in [1.54, 1.807) is 0 Å². The molecule has 1 aliphatic rings. The number of aryl methyl sites for hydroxylation is 2. The molecule has 1 fully saturated rings. The average molecular weight is 421 g/mol. The second kappa shape index (κ2) is 8.54. The van der Waals surface area contributed by atoms with Crippen LogP contribution < -0.4 is 4.57 Å². The average Bonchev–Trinajstić information content (AvgIpc) is 3.34. The Morgan fingerprint density at radius 2 is 1.53 bits per heavy atom. The zero-order valence-corrected chi connectivity index (χ0v) is 19.9. The number of hydrogen-bond donors (Lipinski definition) is 0. The van der Waals surface area contributed by atoms with Crippen molar-refractivity contribution in [2.24, 2.45) is 7.05 Å². The van der Waals surface area contributed by atoms with Crippen LogP contribution in [0.15, 0.2) is 72.9 Å². The summed E-state index contributed by atoms with van der Waals surface area (Å²) in [6.45, 7) is 6.78. The molecule has 32 heavy (non-hydrogen) atoms. The Labute approximate surface area is 192 Å². The predicted octanol–water partition coefficient (Wildman–Crippen LogP) is 8.09. The number of rotatable bonds is 4.